The van der Waals surface area contributed by atoms with Gasteiger partial charge in [0.15, 0.2) is 0 Å². The maximum Gasteiger partial charge on any atom is 0.242 e. The second kappa shape index (κ2) is 14.1. The number of anilines is 1. The van der Waals surface area contributed by atoms with E-state index in [0.29, 0.717) is 33.6 Å². The second-order valence-corrected chi connectivity index (χ2v) is 11.6. The molecule has 12 heteroatoms. The minimum Gasteiger partial charge on any atom is -0.495 e. The van der Waals surface area contributed by atoms with Gasteiger partial charge < -0.3 is 15.0 Å². The highest BCUT2D eigenvalue weighted by molar-refractivity contribution is 7.92. The third kappa shape index (κ3) is 8.67. The molecular formula is C25H32Cl3N3O5S. The Morgan fingerprint density at radius 1 is 1.08 bits per heavy atom. The largest absolute Gasteiger partial charge is 0.495 e. The predicted octanol–water partition coefficient (Wildman–Crippen LogP) is 5.15. The van der Waals surface area contributed by atoms with Crippen molar-refractivity contribution in [3.8, 4) is 5.75 Å². The van der Waals surface area contributed by atoms with Gasteiger partial charge in [0, 0.05) is 41.7 Å². The Morgan fingerprint density at radius 3 is 2.27 bits per heavy atom. The van der Waals surface area contributed by atoms with Crippen LogP contribution in [0.3, 0.4) is 0 Å². The molecule has 2 amide bonds. The van der Waals surface area contributed by atoms with E-state index in [1.54, 1.807) is 37.3 Å². The molecule has 0 heterocycles. The zero-order chi connectivity index (χ0) is 27.8. The molecule has 0 saturated carbocycles. The lowest BCUT2D eigenvalue weighted by molar-refractivity contribution is -0.140. The van der Waals surface area contributed by atoms with Gasteiger partial charge in [-0.15, -0.1) is 0 Å². The van der Waals surface area contributed by atoms with Gasteiger partial charge in [-0.25, -0.2) is 8.42 Å². The fourth-order valence-electron chi connectivity index (χ4n) is 3.65. The van der Waals surface area contributed by atoms with Crippen LogP contribution in [0.5, 0.6) is 5.75 Å². The smallest absolute Gasteiger partial charge is 0.242 e. The Bertz CT molecular complexity index is 1190. The molecule has 2 aromatic rings. The Balaban J connectivity index is 2.23. The molecule has 0 aliphatic rings. The van der Waals surface area contributed by atoms with Crippen molar-refractivity contribution in [3.05, 3.63) is 57.0 Å². The molecule has 0 unspecified atom stereocenters. The predicted molar refractivity (Wildman–Crippen MR) is 149 cm³/mol. The van der Waals surface area contributed by atoms with Crippen LogP contribution in [0.15, 0.2) is 36.4 Å². The van der Waals surface area contributed by atoms with Crippen molar-refractivity contribution < 1.29 is 22.7 Å². The van der Waals surface area contributed by atoms with Gasteiger partial charge in [-0.1, -0.05) is 47.8 Å². The van der Waals surface area contributed by atoms with Gasteiger partial charge in [-0.3, -0.25) is 13.9 Å². The first-order valence-corrected chi connectivity index (χ1v) is 14.7. The van der Waals surface area contributed by atoms with Gasteiger partial charge in [0.1, 0.15) is 11.8 Å². The summed E-state index contributed by atoms with van der Waals surface area (Å²) in [7, 11) is -2.20. The van der Waals surface area contributed by atoms with E-state index in [0.717, 1.165) is 12.7 Å². The second-order valence-electron chi connectivity index (χ2n) is 8.45. The fourth-order valence-corrected chi connectivity index (χ4v) is 5.37. The molecule has 37 heavy (non-hydrogen) atoms. The number of rotatable bonds is 13. The lowest BCUT2D eigenvalue weighted by atomic mass is 10.1. The van der Waals surface area contributed by atoms with E-state index < -0.39 is 16.1 Å². The van der Waals surface area contributed by atoms with Gasteiger partial charge >= 0.3 is 0 Å². The number of ether oxygens (including phenoxy) is 1. The van der Waals surface area contributed by atoms with Gasteiger partial charge in [-0.2, -0.15) is 0 Å². The van der Waals surface area contributed by atoms with Crippen LogP contribution in [-0.2, 0) is 26.2 Å². The summed E-state index contributed by atoms with van der Waals surface area (Å²) >= 11 is 18.8. The standard InChI is InChI=1S/C25H32Cl3N3O5S/c1-5-13-29-25(33)17(2)30(16-19-20(26)8-6-9-21(19)27)24(32)10-7-14-31(37(4,34)35)18-11-12-23(36-3)22(28)15-18/h6,8-9,11-12,15,17H,5,7,10,13-14,16H2,1-4H3,(H,29,33)/t17-/m1/s1. The van der Waals surface area contributed by atoms with Crippen molar-refractivity contribution in [2.24, 2.45) is 0 Å². The van der Waals surface area contributed by atoms with E-state index in [-0.39, 0.29) is 42.8 Å². The number of methoxy groups -OCH3 is 1. The topological polar surface area (TPSA) is 96.0 Å². The SMILES string of the molecule is CCCNC(=O)[C@@H](C)N(Cc1c(Cl)cccc1Cl)C(=O)CCCN(c1ccc(OC)c(Cl)c1)S(C)(=O)=O. The Labute approximate surface area is 233 Å². The average Bonchev–Trinajstić information content (AvgIpc) is 2.83. The van der Waals surface area contributed by atoms with Crippen molar-refractivity contribution in [2.45, 2.75) is 45.7 Å². The number of nitrogens with one attached hydrogen (secondary N) is 1. The van der Waals surface area contributed by atoms with Crippen LogP contribution >= 0.6 is 34.8 Å². The molecule has 0 aliphatic carbocycles. The minimum atomic E-state index is -3.66. The molecule has 0 aromatic heterocycles. The number of amides is 2. The van der Waals surface area contributed by atoms with E-state index in [1.807, 2.05) is 6.92 Å². The summed E-state index contributed by atoms with van der Waals surface area (Å²) in [4.78, 5) is 27.5. The van der Waals surface area contributed by atoms with Crippen LogP contribution in [-0.4, -0.2) is 57.6 Å². The monoisotopic (exact) mass is 591 g/mol. The minimum absolute atomic E-state index is 0.0105. The van der Waals surface area contributed by atoms with Crippen LogP contribution in [0.1, 0.15) is 38.7 Å². The third-order valence-corrected chi connectivity index (χ3v) is 7.88. The van der Waals surface area contributed by atoms with Crippen molar-refractivity contribution in [3.63, 3.8) is 0 Å². The van der Waals surface area contributed by atoms with Crippen molar-refractivity contribution in [1.82, 2.24) is 10.2 Å². The van der Waals surface area contributed by atoms with E-state index in [1.165, 1.54) is 22.4 Å². The lowest BCUT2D eigenvalue weighted by Crippen LogP contribution is -2.48. The zero-order valence-corrected chi connectivity index (χ0v) is 24.3. The molecule has 0 radical (unpaired) electrons. The third-order valence-electron chi connectivity index (χ3n) is 5.68. The Morgan fingerprint density at radius 2 is 1.73 bits per heavy atom. The highest BCUT2D eigenvalue weighted by Crippen LogP contribution is 2.31. The first kappa shape index (κ1) is 31.0. The molecule has 1 atom stereocenters. The first-order valence-electron chi connectivity index (χ1n) is 11.7. The van der Waals surface area contributed by atoms with Crippen molar-refractivity contribution in [2.75, 3.05) is 30.8 Å². The van der Waals surface area contributed by atoms with Crippen LogP contribution in [0.2, 0.25) is 15.1 Å². The summed E-state index contributed by atoms with van der Waals surface area (Å²) in [6, 6.07) is 8.89. The molecule has 1 N–H and O–H groups in total. The summed E-state index contributed by atoms with van der Waals surface area (Å²) in [5.41, 5.74) is 0.882. The van der Waals surface area contributed by atoms with Gasteiger partial charge in [-0.05, 0) is 50.1 Å². The summed E-state index contributed by atoms with van der Waals surface area (Å²) in [5.74, 6) is -0.223. The normalized spacial score (nSPS) is 12.1. The van der Waals surface area contributed by atoms with Crippen LogP contribution < -0.4 is 14.4 Å². The number of hydrogen-bond acceptors (Lipinski definition) is 5. The molecule has 0 bridgehead atoms. The Hall–Kier alpha value is -2.20. The summed E-state index contributed by atoms with van der Waals surface area (Å²) in [6.07, 6.45) is 2.02. The van der Waals surface area contributed by atoms with E-state index in [4.69, 9.17) is 39.5 Å². The highest BCUT2D eigenvalue weighted by Gasteiger charge is 2.28. The van der Waals surface area contributed by atoms with E-state index >= 15 is 0 Å². The molecule has 0 spiro atoms. The number of sulfonamides is 1. The lowest BCUT2D eigenvalue weighted by Gasteiger charge is -2.30. The first-order chi connectivity index (χ1) is 17.4. The van der Waals surface area contributed by atoms with Gasteiger partial charge in [0.05, 0.1) is 24.1 Å². The highest BCUT2D eigenvalue weighted by atomic mass is 35.5. The zero-order valence-electron chi connectivity index (χ0n) is 21.3. The number of benzene rings is 2. The maximum absolute atomic E-state index is 13.3. The van der Waals surface area contributed by atoms with E-state index in [9.17, 15) is 18.0 Å². The average molecular weight is 593 g/mol. The summed E-state index contributed by atoms with van der Waals surface area (Å²) < 4.78 is 31.3. The van der Waals surface area contributed by atoms with Crippen LogP contribution in [0, 0.1) is 0 Å². The molecule has 0 fully saturated rings. The van der Waals surface area contributed by atoms with Gasteiger partial charge in [0.2, 0.25) is 21.8 Å². The number of carbonyl (C=O) groups is 2. The number of carbonyl (C=O) groups excluding carboxylic acids is 2. The quantitative estimate of drug-likeness (QED) is 0.347. The maximum atomic E-state index is 13.3. The molecule has 2 rings (SSSR count). The van der Waals surface area contributed by atoms with E-state index in [2.05, 4.69) is 5.32 Å². The number of hydrogen-bond donors (Lipinski definition) is 1. The number of nitrogens with zero attached hydrogens (tertiary/aromatic N) is 2. The molecule has 0 saturated heterocycles. The molecule has 204 valence electrons. The fraction of sp³-hybridized carbons (Fsp3) is 0.440. The van der Waals surface area contributed by atoms with Crippen molar-refractivity contribution >= 4 is 62.3 Å². The van der Waals surface area contributed by atoms with Crippen LogP contribution in [0.4, 0.5) is 5.69 Å². The molecular weight excluding hydrogens is 561 g/mol. The summed E-state index contributed by atoms with van der Waals surface area (Å²) in [5, 5.41) is 3.83. The van der Waals surface area contributed by atoms with Crippen LogP contribution in [0.25, 0.3) is 0 Å². The number of halogens is 3. The molecule has 8 nitrogen and oxygen atoms in total. The summed E-state index contributed by atoms with van der Waals surface area (Å²) in [6.45, 7) is 4.11. The van der Waals surface area contributed by atoms with Gasteiger partial charge in [0.25, 0.3) is 0 Å². The molecule has 2 aromatic carbocycles. The molecule has 0 aliphatic heterocycles. The van der Waals surface area contributed by atoms with Crippen molar-refractivity contribution in [1.29, 1.82) is 0 Å². The Kier molecular flexibility index (Phi) is 11.8.